The molecule has 2 N–H and O–H groups in total. The molecule has 1 atom stereocenters. The van der Waals surface area contributed by atoms with Gasteiger partial charge in [0.25, 0.3) is 0 Å². The smallest absolute Gasteiger partial charge is 0.109 e. The van der Waals surface area contributed by atoms with E-state index < -0.39 is 6.10 Å². The molecule has 0 aliphatic heterocycles. The SMILES string of the molecule is Cn1ccnc1CCNCC(O)COC1CCCCC1. The van der Waals surface area contributed by atoms with Gasteiger partial charge in [-0.2, -0.15) is 0 Å². The van der Waals surface area contributed by atoms with E-state index in [4.69, 9.17) is 4.74 Å². The van der Waals surface area contributed by atoms with Gasteiger partial charge < -0.3 is 19.7 Å². The van der Waals surface area contributed by atoms with Crippen molar-refractivity contribution in [2.24, 2.45) is 7.05 Å². The molecule has 0 radical (unpaired) electrons. The first kappa shape index (κ1) is 15.5. The highest BCUT2D eigenvalue weighted by Gasteiger charge is 2.15. The average Bonchev–Trinajstić information content (AvgIpc) is 2.88. The third kappa shape index (κ3) is 5.23. The molecule has 0 spiro atoms. The van der Waals surface area contributed by atoms with Gasteiger partial charge in [0.15, 0.2) is 0 Å². The number of imidazole rings is 1. The van der Waals surface area contributed by atoms with Crippen LogP contribution in [0.5, 0.6) is 0 Å². The molecule has 5 heteroatoms. The maximum atomic E-state index is 9.88. The summed E-state index contributed by atoms with van der Waals surface area (Å²) in [7, 11) is 2.00. The van der Waals surface area contributed by atoms with Gasteiger partial charge in [-0.25, -0.2) is 4.98 Å². The fourth-order valence-electron chi connectivity index (χ4n) is 2.64. The number of hydrogen-bond acceptors (Lipinski definition) is 4. The topological polar surface area (TPSA) is 59.3 Å². The first-order chi connectivity index (χ1) is 9.75. The van der Waals surface area contributed by atoms with Crippen LogP contribution < -0.4 is 5.32 Å². The van der Waals surface area contributed by atoms with Crippen molar-refractivity contribution in [3.05, 3.63) is 18.2 Å². The molecular weight excluding hydrogens is 254 g/mol. The normalized spacial score (nSPS) is 18.3. The fraction of sp³-hybridized carbons (Fsp3) is 0.800. The molecule has 1 aromatic rings. The number of ether oxygens (including phenoxy) is 1. The summed E-state index contributed by atoms with van der Waals surface area (Å²) < 4.78 is 7.78. The van der Waals surface area contributed by atoms with Crippen molar-refractivity contribution in [2.75, 3.05) is 19.7 Å². The van der Waals surface area contributed by atoms with Crippen LogP contribution in [0.15, 0.2) is 12.4 Å². The van der Waals surface area contributed by atoms with Crippen LogP contribution in [0.1, 0.15) is 37.9 Å². The van der Waals surface area contributed by atoms with E-state index in [-0.39, 0.29) is 0 Å². The number of aliphatic hydroxyl groups excluding tert-OH is 1. The molecule has 1 aromatic heterocycles. The zero-order valence-electron chi connectivity index (χ0n) is 12.4. The van der Waals surface area contributed by atoms with E-state index in [1.807, 2.05) is 24.0 Å². The van der Waals surface area contributed by atoms with E-state index in [1.54, 1.807) is 0 Å². The Morgan fingerprint density at radius 1 is 1.45 bits per heavy atom. The summed E-state index contributed by atoms with van der Waals surface area (Å²) in [5.41, 5.74) is 0. The van der Waals surface area contributed by atoms with Gasteiger partial charge >= 0.3 is 0 Å². The van der Waals surface area contributed by atoms with Crippen LogP contribution in [0.25, 0.3) is 0 Å². The Labute approximate surface area is 121 Å². The predicted molar refractivity (Wildman–Crippen MR) is 78.6 cm³/mol. The zero-order chi connectivity index (χ0) is 14.2. The lowest BCUT2D eigenvalue weighted by Gasteiger charge is -2.23. The second kappa shape index (κ2) is 8.39. The van der Waals surface area contributed by atoms with Crippen LogP contribution in [0.2, 0.25) is 0 Å². The standard InChI is InChI=1S/C15H27N3O2/c1-18-10-9-17-15(18)7-8-16-11-13(19)12-20-14-5-3-2-4-6-14/h9-10,13-14,16,19H,2-8,11-12H2,1H3. The van der Waals surface area contributed by atoms with Crippen molar-refractivity contribution in [1.29, 1.82) is 0 Å². The Kier molecular flexibility index (Phi) is 6.50. The molecule has 0 aromatic carbocycles. The Morgan fingerprint density at radius 3 is 2.95 bits per heavy atom. The van der Waals surface area contributed by atoms with Gasteiger partial charge in [-0.05, 0) is 12.8 Å². The van der Waals surface area contributed by atoms with Gasteiger partial charge in [0.2, 0.25) is 0 Å². The highest BCUT2D eigenvalue weighted by molar-refractivity contribution is 4.91. The summed E-state index contributed by atoms with van der Waals surface area (Å²) in [5.74, 6) is 1.06. The van der Waals surface area contributed by atoms with Crippen LogP contribution in [-0.2, 0) is 18.2 Å². The Bertz CT molecular complexity index is 375. The van der Waals surface area contributed by atoms with Crippen molar-refractivity contribution < 1.29 is 9.84 Å². The van der Waals surface area contributed by atoms with Gasteiger partial charge in [0, 0.05) is 39.0 Å². The van der Waals surface area contributed by atoms with Crippen LogP contribution in [0.4, 0.5) is 0 Å². The second-order valence-electron chi connectivity index (χ2n) is 5.66. The lowest BCUT2D eigenvalue weighted by atomic mass is 9.98. The number of nitrogens with zero attached hydrogens (tertiary/aromatic N) is 2. The highest BCUT2D eigenvalue weighted by Crippen LogP contribution is 2.20. The molecule has 1 unspecified atom stereocenters. The Morgan fingerprint density at radius 2 is 2.25 bits per heavy atom. The van der Waals surface area contributed by atoms with Gasteiger partial charge in [-0.3, -0.25) is 0 Å². The zero-order valence-corrected chi connectivity index (χ0v) is 12.4. The molecule has 1 aliphatic carbocycles. The van der Waals surface area contributed by atoms with Crippen LogP contribution >= 0.6 is 0 Å². The summed E-state index contributed by atoms with van der Waals surface area (Å²) in [4.78, 5) is 4.27. The summed E-state index contributed by atoms with van der Waals surface area (Å²) in [5, 5.41) is 13.1. The predicted octanol–water partition coefficient (Wildman–Crippen LogP) is 1.26. The van der Waals surface area contributed by atoms with Crippen molar-refractivity contribution in [2.45, 2.75) is 50.7 Å². The summed E-state index contributed by atoms with van der Waals surface area (Å²) in [6.45, 7) is 1.85. The number of aromatic nitrogens is 2. The lowest BCUT2D eigenvalue weighted by Crippen LogP contribution is -2.33. The van der Waals surface area contributed by atoms with Crippen molar-refractivity contribution in [1.82, 2.24) is 14.9 Å². The molecule has 0 saturated heterocycles. The minimum absolute atomic E-state index is 0.367. The maximum absolute atomic E-state index is 9.88. The molecular formula is C15H27N3O2. The molecule has 5 nitrogen and oxygen atoms in total. The van der Waals surface area contributed by atoms with Crippen molar-refractivity contribution in [3.63, 3.8) is 0 Å². The van der Waals surface area contributed by atoms with Crippen LogP contribution in [0, 0.1) is 0 Å². The van der Waals surface area contributed by atoms with Gasteiger partial charge in [0.05, 0.1) is 18.8 Å². The average molecular weight is 281 g/mol. The molecule has 0 amide bonds. The van der Waals surface area contributed by atoms with E-state index in [1.165, 1.54) is 19.3 Å². The molecule has 114 valence electrons. The number of rotatable bonds is 8. The van der Waals surface area contributed by atoms with Gasteiger partial charge in [-0.1, -0.05) is 19.3 Å². The van der Waals surface area contributed by atoms with Crippen LogP contribution in [-0.4, -0.2) is 46.6 Å². The minimum atomic E-state index is -0.418. The largest absolute Gasteiger partial charge is 0.389 e. The van der Waals surface area contributed by atoms with Crippen molar-refractivity contribution in [3.8, 4) is 0 Å². The number of nitrogens with one attached hydrogen (secondary N) is 1. The second-order valence-corrected chi connectivity index (χ2v) is 5.66. The van der Waals surface area contributed by atoms with E-state index in [0.29, 0.717) is 19.3 Å². The number of aliphatic hydroxyl groups is 1. The van der Waals surface area contributed by atoms with E-state index in [2.05, 4.69) is 10.3 Å². The molecule has 1 heterocycles. The monoisotopic (exact) mass is 281 g/mol. The highest BCUT2D eigenvalue weighted by atomic mass is 16.5. The first-order valence-electron chi connectivity index (χ1n) is 7.72. The third-order valence-corrected chi connectivity index (χ3v) is 3.90. The maximum Gasteiger partial charge on any atom is 0.109 e. The summed E-state index contributed by atoms with van der Waals surface area (Å²) in [6.07, 6.45) is 10.7. The molecule has 1 aliphatic rings. The number of hydrogen-bond donors (Lipinski definition) is 2. The van der Waals surface area contributed by atoms with Crippen molar-refractivity contribution >= 4 is 0 Å². The van der Waals surface area contributed by atoms with Crippen LogP contribution in [0.3, 0.4) is 0 Å². The number of aryl methyl sites for hydroxylation is 1. The quantitative estimate of drug-likeness (QED) is 0.704. The Balaban J connectivity index is 1.51. The van der Waals surface area contributed by atoms with Gasteiger partial charge in [-0.15, -0.1) is 0 Å². The Hall–Kier alpha value is -0.910. The minimum Gasteiger partial charge on any atom is -0.389 e. The van der Waals surface area contributed by atoms with E-state index in [0.717, 1.165) is 31.6 Å². The van der Waals surface area contributed by atoms with E-state index >= 15 is 0 Å². The molecule has 20 heavy (non-hydrogen) atoms. The molecule has 2 rings (SSSR count). The fourth-order valence-corrected chi connectivity index (χ4v) is 2.64. The molecule has 0 bridgehead atoms. The van der Waals surface area contributed by atoms with E-state index in [9.17, 15) is 5.11 Å². The van der Waals surface area contributed by atoms with Gasteiger partial charge in [0.1, 0.15) is 5.82 Å². The summed E-state index contributed by atoms with van der Waals surface area (Å²) in [6, 6.07) is 0. The first-order valence-corrected chi connectivity index (χ1v) is 7.72. The third-order valence-electron chi connectivity index (χ3n) is 3.90. The molecule has 1 fully saturated rings. The molecule has 1 saturated carbocycles. The lowest BCUT2D eigenvalue weighted by molar-refractivity contribution is -0.0228. The summed E-state index contributed by atoms with van der Waals surface area (Å²) >= 11 is 0.